The molecule has 140 valence electrons. The van der Waals surface area contributed by atoms with Gasteiger partial charge in [0, 0.05) is 6.08 Å². The summed E-state index contributed by atoms with van der Waals surface area (Å²) in [7, 11) is 0. The van der Waals surface area contributed by atoms with Crippen molar-refractivity contribution >= 4 is 5.97 Å². The van der Waals surface area contributed by atoms with Gasteiger partial charge in [-0.25, -0.2) is 4.79 Å². The molecule has 0 fully saturated rings. The van der Waals surface area contributed by atoms with Crippen LogP contribution < -0.4 is 0 Å². The molecule has 0 aromatic rings. The number of hydrogen-bond donors (Lipinski definition) is 2. The van der Waals surface area contributed by atoms with Gasteiger partial charge in [-0.3, -0.25) is 0 Å². The molecule has 0 aromatic carbocycles. The van der Waals surface area contributed by atoms with Crippen LogP contribution in [0, 0.1) is 0 Å². The Bertz CT molecular complexity index is 375. The van der Waals surface area contributed by atoms with Crippen LogP contribution in [0.4, 0.5) is 0 Å². The molecule has 24 heavy (non-hydrogen) atoms. The van der Waals surface area contributed by atoms with Crippen LogP contribution in [0.5, 0.6) is 0 Å². The first-order valence-corrected chi connectivity index (χ1v) is 9.14. The summed E-state index contributed by atoms with van der Waals surface area (Å²) in [4.78, 5) is 10.1. The Balaban J connectivity index is 0. The van der Waals surface area contributed by atoms with Gasteiger partial charge in [-0.15, -0.1) is 6.58 Å². The van der Waals surface area contributed by atoms with Crippen LogP contribution in [0.25, 0.3) is 0 Å². The minimum atomic E-state index is -0.842. The van der Waals surface area contributed by atoms with E-state index in [4.69, 9.17) is 5.11 Å². The van der Waals surface area contributed by atoms with Crippen molar-refractivity contribution in [2.45, 2.75) is 91.1 Å². The molecule has 2 N–H and O–H groups in total. The van der Waals surface area contributed by atoms with Gasteiger partial charge in [-0.1, -0.05) is 62.8 Å². The Labute approximate surface area is 149 Å². The molecule has 1 unspecified atom stereocenters. The summed E-state index contributed by atoms with van der Waals surface area (Å²) >= 11 is 0. The number of carbonyl (C=O) groups is 1. The summed E-state index contributed by atoms with van der Waals surface area (Å²) in [6.07, 6.45) is 16.8. The SMILES string of the molecule is C=CC(C)(O)CCC=C(C)C.CCCCCCCCC=CC(=O)O. The second-order valence-electron chi connectivity index (χ2n) is 6.68. The second-order valence-corrected chi connectivity index (χ2v) is 6.68. The summed E-state index contributed by atoms with van der Waals surface area (Å²) in [6, 6.07) is 0. The zero-order chi connectivity index (χ0) is 18.8. The molecule has 0 heterocycles. The predicted molar refractivity (Wildman–Crippen MR) is 104 cm³/mol. The fourth-order valence-corrected chi connectivity index (χ4v) is 1.98. The van der Waals surface area contributed by atoms with Gasteiger partial charge in [0.2, 0.25) is 0 Å². The molecular formula is C21H38O3. The molecule has 0 spiro atoms. The highest BCUT2D eigenvalue weighted by Crippen LogP contribution is 2.13. The van der Waals surface area contributed by atoms with Gasteiger partial charge in [-0.05, 0) is 46.5 Å². The number of hydrogen-bond acceptors (Lipinski definition) is 2. The molecule has 0 aliphatic heterocycles. The highest BCUT2D eigenvalue weighted by molar-refractivity contribution is 5.79. The molecule has 0 bridgehead atoms. The molecule has 0 saturated heterocycles. The Hall–Kier alpha value is -1.35. The van der Waals surface area contributed by atoms with Crippen LogP contribution in [0.15, 0.2) is 36.5 Å². The third kappa shape index (κ3) is 22.9. The lowest BCUT2D eigenvalue weighted by Gasteiger charge is -2.16. The van der Waals surface area contributed by atoms with E-state index in [9.17, 15) is 9.90 Å². The van der Waals surface area contributed by atoms with Crippen molar-refractivity contribution < 1.29 is 15.0 Å². The second kappa shape index (κ2) is 16.5. The number of carboxylic acid groups (broad SMARTS) is 1. The van der Waals surface area contributed by atoms with Crippen molar-refractivity contribution in [2.24, 2.45) is 0 Å². The Kier molecular flexibility index (Phi) is 17.1. The maximum atomic E-state index is 10.1. The maximum Gasteiger partial charge on any atom is 0.327 e. The topological polar surface area (TPSA) is 57.5 Å². The summed E-state index contributed by atoms with van der Waals surface area (Å²) in [5.41, 5.74) is 0.594. The van der Waals surface area contributed by atoms with Crippen molar-refractivity contribution in [3.05, 3.63) is 36.5 Å². The number of carboxylic acids is 1. The molecule has 0 saturated carbocycles. The Morgan fingerprint density at radius 3 is 2.17 bits per heavy atom. The number of allylic oxidation sites excluding steroid dienone is 3. The molecule has 3 heteroatoms. The summed E-state index contributed by atoms with van der Waals surface area (Å²) in [6.45, 7) is 11.7. The van der Waals surface area contributed by atoms with Crippen LogP contribution in [0.1, 0.15) is 85.5 Å². The van der Waals surface area contributed by atoms with Crippen LogP contribution in [-0.2, 0) is 4.79 Å². The van der Waals surface area contributed by atoms with E-state index in [-0.39, 0.29) is 0 Å². The average molecular weight is 339 g/mol. The van der Waals surface area contributed by atoms with Gasteiger partial charge in [-0.2, -0.15) is 0 Å². The van der Waals surface area contributed by atoms with E-state index >= 15 is 0 Å². The van der Waals surface area contributed by atoms with E-state index in [0.717, 1.165) is 25.7 Å². The van der Waals surface area contributed by atoms with E-state index < -0.39 is 11.6 Å². The van der Waals surface area contributed by atoms with Gasteiger partial charge < -0.3 is 10.2 Å². The Morgan fingerprint density at radius 1 is 1.08 bits per heavy atom. The number of rotatable bonds is 12. The van der Waals surface area contributed by atoms with E-state index in [1.807, 2.05) is 0 Å². The summed E-state index contributed by atoms with van der Waals surface area (Å²) in [5, 5.41) is 17.8. The molecular weight excluding hydrogens is 300 g/mol. The minimum Gasteiger partial charge on any atom is -0.478 e. The van der Waals surface area contributed by atoms with Crippen LogP contribution >= 0.6 is 0 Å². The first-order valence-electron chi connectivity index (χ1n) is 9.14. The largest absolute Gasteiger partial charge is 0.478 e. The summed E-state index contributed by atoms with van der Waals surface area (Å²) in [5.74, 6) is -0.842. The molecule has 0 amide bonds. The lowest BCUT2D eigenvalue weighted by molar-refractivity contribution is -0.131. The zero-order valence-electron chi connectivity index (χ0n) is 16.2. The fourth-order valence-electron chi connectivity index (χ4n) is 1.98. The van der Waals surface area contributed by atoms with Gasteiger partial charge in [0.05, 0.1) is 5.60 Å². The van der Waals surface area contributed by atoms with Crippen molar-refractivity contribution in [3.63, 3.8) is 0 Å². The van der Waals surface area contributed by atoms with Crippen LogP contribution in [0.3, 0.4) is 0 Å². The zero-order valence-corrected chi connectivity index (χ0v) is 16.2. The third-order valence-electron chi connectivity index (χ3n) is 3.63. The molecule has 0 rings (SSSR count). The van der Waals surface area contributed by atoms with Crippen molar-refractivity contribution in [1.29, 1.82) is 0 Å². The standard InChI is InChI=1S/C11H20O2.C10H18O/c1-2-3-4-5-6-7-8-9-10-11(12)13;1-5-10(4,11)8-6-7-9(2)3/h9-10H,2-8H2,1H3,(H,12,13);5,7,11H,1,6,8H2,2-4H3. The first-order chi connectivity index (χ1) is 11.2. The minimum absolute atomic E-state index is 0.702. The van der Waals surface area contributed by atoms with Gasteiger partial charge in [0.1, 0.15) is 0 Å². The van der Waals surface area contributed by atoms with Crippen molar-refractivity contribution in [1.82, 2.24) is 0 Å². The molecule has 0 aromatic heterocycles. The molecule has 0 aliphatic carbocycles. The van der Waals surface area contributed by atoms with Crippen LogP contribution in [-0.4, -0.2) is 21.8 Å². The smallest absolute Gasteiger partial charge is 0.327 e. The highest BCUT2D eigenvalue weighted by Gasteiger charge is 2.12. The van der Waals surface area contributed by atoms with Crippen molar-refractivity contribution in [2.75, 3.05) is 0 Å². The molecule has 0 radical (unpaired) electrons. The monoisotopic (exact) mass is 338 g/mol. The number of aliphatic hydroxyl groups is 1. The van der Waals surface area contributed by atoms with Gasteiger partial charge >= 0.3 is 5.97 Å². The number of aliphatic carboxylic acids is 1. The lowest BCUT2D eigenvalue weighted by atomic mass is 10.00. The third-order valence-corrected chi connectivity index (χ3v) is 3.63. The Morgan fingerprint density at radius 2 is 1.67 bits per heavy atom. The maximum absolute atomic E-state index is 10.1. The van der Waals surface area contributed by atoms with E-state index in [2.05, 4.69) is 33.4 Å². The molecule has 0 aliphatic rings. The first kappa shape index (κ1) is 24.9. The van der Waals surface area contributed by atoms with E-state index in [1.165, 1.54) is 43.8 Å². The fraction of sp³-hybridized carbons (Fsp3) is 0.667. The van der Waals surface area contributed by atoms with E-state index in [0.29, 0.717) is 0 Å². The molecule has 3 nitrogen and oxygen atoms in total. The average Bonchev–Trinajstić information content (AvgIpc) is 2.50. The summed E-state index contributed by atoms with van der Waals surface area (Å²) < 4.78 is 0. The normalized spacial score (nSPS) is 12.9. The quantitative estimate of drug-likeness (QED) is 0.259. The molecule has 1 atom stereocenters. The van der Waals surface area contributed by atoms with Gasteiger partial charge in [0.15, 0.2) is 0 Å². The highest BCUT2D eigenvalue weighted by atomic mass is 16.4. The van der Waals surface area contributed by atoms with E-state index in [1.54, 1.807) is 19.1 Å². The van der Waals surface area contributed by atoms with Crippen molar-refractivity contribution in [3.8, 4) is 0 Å². The predicted octanol–water partition coefficient (Wildman–Crippen LogP) is 6.05. The lowest BCUT2D eigenvalue weighted by Crippen LogP contribution is -2.19. The number of unbranched alkanes of at least 4 members (excludes halogenated alkanes) is 6. The van der Waals surface area contributed by atoms with Gasteiger partial charge in [0.25, 0.3) is 0 Å². The van der Waals surface area contributed by atoms with Crippen LogP contribution in [0.2, 0.25) is 0 Å².